The maximum atomic E-state index is 12.5. The Kier molecular flexibility index (Phi) is 4.90. The van der Waals surface area contributed by atoms with Gasteiger partial charge < -0.3 is 14.2 Å². The largest absolute Gasteiger partial charge is 0.485 e. The van der Waals surface area contributed by atoms with Gasteiger partial charge in [0.2, 0.25) is 11.7 Å². The maximum absolute atomic E-state index is 12.5. The number of amides is 1. The normalized spacial score (nSPS) is 15.3. The van der Waals surface area contributed by atoms with Crippen molar-refractivity contribution >= 4 is 5.91 Å². The third-order valence-corrected chi connectivity index (χ3v) is 3.93. The Morgan fingerprint density at radius 1 is 1.17 bits per heavy atom. The molecule has 0 atom stereocenters. The van der Waals surface area contributed by atoms with E-state index >= 15 is 0 Å². The van der Waals surface area contributed by atoms with Crippen LogP contribution in [-0.4, -0.2) is 34.0 Å². The fraction of sp³-hybridized carbons (Fsp3) is 0.471. The molecule has 1 amide bonds. The molecule has 3 rings (SSSR count). The fourth-order valence-corrected chi connectivity index (χ4v) is 2.70. The molecule has 1 aromatic heterocycles. The molecule has 6 nitrogen and oxygen atoms in total. The molecule has 1 fully saturated rings. The Hall–Kier alpha value is -2.37. The van der Waals surface area contributed by atoms with Crippen LogP contribution >= 0.6 is 0 Å². The number of ether oxygens (including phenoxy) is 1. The van der Waals surface area contributed by atoms with Crippen molar-refractivity contribution in [2.24, 2.45) is 0 Å². The molecule has 23 heavy (non-hydrogen) atoms. The summed E-state index contributed by atoms with van der Waals surface area (Å²) >= 11 is 0. The Labute approximate surface area is 135 Å². The van der Waals surface area contributed by atoms with Gasteiger partial charge in [-0.15, -0.1) is 0 Å². The van der Waals surface area contributed by atoms with Crippen molar-refractivity contribution in [1.82, 2.24) is 15.0 Å². The summed E-state index contributed by atoms with van der Waals surface area (Å²) < 4.78 is 10.5. The first-order valence-electron chi connectivity index (χ1n) is 8.04. The van der Waals surface area contributed by atoms with E-state index in [9.17, 15) is 4.79 Å². The van der Waals surface area contributed by atoms with Gasteiger partial charge in [-0.3, -0.25) is 4.79 Å². The van der Waals surface area contributed by atoms with Crippen LogP contribution in [0.1, 0.15) is 47.8 Å². The van der Waals surface area contributed by atoms with Crippen molar-refractivity contribution in [3.05, 3.63) is 41.5 Å². The summed E-state index contributed by atoms with van der Waals surface area (Å²) in [5.74, 6) is 1.81. The van der Waals surface area contributed by atoms with E-state index < -0.39 is 0 Å². The molecule has 0 aliphatic carbocycles. The average Bonchev–Trinajstić information content (AvgIpc) is 2.83. The number of aryl methyl sites for hydroxylation is 1. The third kappa shape index (κ3) is 4.09. The SMILES string of the molecule is Cc1nc(COc2ccc(C(=O)N3CCCCCC3)cc2)no1. The number of likely N-dealkylation sites (tertiary alicyclic amines) is 1. The highest BCUT2D eigenvalue weighted by atomic mass is 16.5. The highest BCUT2D eigenvalue weighted by molar-refractivity contribution is 5.94. The molecule has 0 radical (unpaired) electrons. The van der Waals surface area contributed by atoms with Crippen LogP contribution in [0.2, 0.25) is 0 Å². The second-order valence-electron chi connectivity index (χ2n) is 5.75. The van der Waals surface area contributed by atoms with E-state index in [0.29, 0.717) is 23.0 Å². The first kappa shape index (κ1) is 15.5. The topological polar surface area (TPSA) is 68.5 Å². The van der Waals surface area contributed by atoms with Crippen LogP contribution in [0.15, 0.2) is 28.8 Å². The van der Waals surface area contributed by atoms with E-state index in [1.54, 1.807) is 19.1 Å². The van der Waals surface area contributed by atoms with Crippen molar-refractivity contribution < 1.29 is 14.1 Å². The second-order valence-corrected chi connectivity index (χ2v) is 5.75. The summed E-state index contributed by atoms with van der Waals surface area (Å²) in [5, 5.41) is 3.77. The number of nitrogens with zero attached hydrogens (tertiary/aromatic N) is 3. The van der Waals surface area contributed by atoms with E-state index in [4.69, 9.17) is 9.26 Å². The van der Waals surface area contributed by atoms with Gasteiger partial charge in [0, 0.05) is 25.6 Å². The van der Waals surface area contributed by atoms with Crippen LogP contribution in [0, 0.1) is 6.92 Å². The molecule has 6 heteroatoms. The molecule has 0 unspecified atom stereocenters. The maximum Gasteiger partial charge on any atom is 0.253 e. The lowest BCUT2D eigenvalue weighted by atomic mass is 10.2. The van der Waals surface area contributed by atoms with Gasteiger partial charge in [-0.05, 0) is 37.1 Å². The van der Waals surface area contributed by atoms with Crippen molar-refractivity contribution in [3.8, 4) is 5.75 Å². The predicted octanol–water partition coefficient (Wildman–Crippen LogP) is 2.97. The summed E-state index contributed by atoms with van der Waals surface area (Å²) in [5.41, 5.74) is 0.703. The predicted molar refractivity (Wildman–Crippen MR) is 84.2 cm³/mol. The van der Waals surface area contributed by atoms with Gasteiger partial charge >= 0.3 is 0 Å². The van der Waals surface area contributed by atoms with Gasteiger partial charge in [-0.25, -0.2) is 0 Å². The Bertz CT molecular complexity index is 643. The van der Waals surface area contributed by atoms with Gasteiger partial charge in [-0.1, -0.05) is 18.0 Å². The van der Waals surface area contributed by atoms with E-state index in [0.717, 1.165) is 25.9 Å². The molecule has 2 aromatic rings. The number of hydrogen-bond donors (Lipinski definition) is 0. The van der Waals surface area contributed by atoms with Crippen LogP contribution in [0.25, 0.3) is 0 Å². The number of rotatable bonds is 4. The first-order valence-corrected chi connectivity index (χ1v) is 8.04. The van der Waals surface area contributed by atoms with Crippen molar-refractivity contribution in [3.63, 3.8) is 0 Å². The number of carbonyl (C=O) groups is 1. The van der Waals surface area contributed by atoms with Crippen molar-refractivity contribution in [2.75, 3.05) is 13.1 Å². The standard InChI is InChI=1S/C17H21N3O3/c1-13-18-16(19-23-13)12-22-15-8-6-14(7-9-15)17(21)20-10-4-2-3-5-11-20/h6-9H,2-5,10-12H2,1H3. The van der Waals surface area contributed by atoms with Gasteiger partial charge in [0.25, 0.3) is 5.91 Å². The molecule has 1 aromatic carbocycles. The minimum absolute atomic E-state index is 0.104. The zero-order chi connectivity index (χ0) is 16.1. The highest BCUT2D eigenvalue weighted by Gasteiger charge is 2.17. The van der Waals surface area contributed by atoms with E-state index in [-0.39, 0.29) is 12.5 Å². The van der Waals surface area contributed by atoms with Crippen molar-refractivity contribution in [2.45, 2.75) is 39.2 Å². The lowest BCUT2D eigenvalue weighted by molar-refractivity contribution is 0.0761. The van der Waals surface area contributed by atoms with Crippen LogP contribution < -0.4 is 4.74 Å². The van der Waals surface area contributed by atoms with Gasteiger partial charge in [0.15, 0.2) is 6.61 Å². The first-order chi connectivity index (χ1) is 11.2. The summed E-state index contributed by atoms with van der Waals surface area (Å²) in [4.78, 5) is 18.5. The van der Waals surface area contributed by atoms with Gasteiger partial charge in [0.05, 0.1) is 0 Å². The zero-order valence-corrected chi connectivity index (χ0v) is 13.3. The molecule has 0 bridgehead atoms. The molecular formula is C17H21N3O3. The monoisotopic (exact) mass is 315 g/mol. The Balaban J connectivity index is 1.58. The Morgan fingerprint density at radius 2 is 1.87 bits per heavy atom. The smallest absolute Gasteiger partial charge is 0.253 e. The molecular weight excluding hydrogens is 294 g/mol. The van der Waals surface area contributed by atoms with E-state index in [2.05, 4.69) is 10.1 Å². The number of hydrogen-bond acceptors (Lipinski definition) is 5. The average molecular weight is 315 g/mol. The quantitative estimate of drug-likeness (QED) is 0.867. The number of benzene rings is 1. The molecule has 0 saturated carbocycles. The van der Waals surface area contributed by atoms with Crippen LogP contribution in [0.4, 0.5) is 0 Å². The van der Waals surface area contributed by atoms with E-state index in [1.165, 1.54) is 12.8 Å². The molecule has 1 saturated heterocycles. The summed E-state index contributed by atoms with van der Waals surface area (Å²) in [6, 6.07) is 7.23. The van der Waals surface area contributed by atoms with E-state index in [1.807, 2.05) is 17.0 Å². The van der Waals surface area contributed by atoms with Crippen molar-refractivity contribution in [1.29, 1.82) is 0 Å². The van der Waals surface area contributed by atoms with Gasteiger partial charge in [-0.2, -0.15) is 4.98 Å². The van der Waals surface area contributed by atoms with Crippen LogP contribution in [-0.2, 0) is 6.61 Å². The highest BCUT2D eigenvalue weighted by Crippen LogP contribution is 2.17. The second kappa shape index (κ2) is 7.26. The minimum atomic E-state index is 0.104. The summed E-state index contributed by atoms with van der Waals surface area (Å²) in [7, 11) is 0. The van der Waals surface area contributed by atoms with Crippen LogP contribution in [0.5, 0.6) is 5.75 Å². The lowest BCUT2D eigenvalue weighted by Gasteiger charge is -2.20. The summed E-state index contributed by atoms with van der Waals surface area (Å²) in [6.45, 7) is 3.69. The molecule has 1 aliphatic rings. The third-order valence-electron chi connectivity index (χ3n) is 3.93. The minimum Gasteiger partial charge on any atom is -0.485 e. The Morgan fingerprint density at radius 3 is 2.48 bits per heavy atom. The molecule has 0 N–H and O–H groups in total. The zero-order valence-electron chi connectivity index (χ0n) is 13.3. The molecule has 2 heterocycles. The lowest BCUT2D eigenvalue weighted by Crippen LogP contribution is -2.31. The fourth-order valence-electron chi connectivity index (χ4n) is 2.70. The number of aromatic nitrogens is 2. The summed E-state index contributed by atoms with van der Waals surface area (Å²) in [6.07, 6.45) is 4.62. The molecule has 122 valence electrons. The number of carbonyl (C=O) groups excluding carboxylic acids is 1. The van der Waals surface area contributed by atoms with Gasteiger partial charge in [0.1, 0.15) is 5.75 Å². The molecule has 0 spiro atoms. The molecule has 1 aliphatic heterocycles. The van der Waals surface area contributed by atoms with Crippen LogP contribution in [0.3, 0.4) is 0 Å².